The molecule has 0 saturated heterocycles. The van der Waals surface area contributed by atoms with Gasteiger partial charge < -0.3 is 10.5 Å². The lowest BCUT2D eigenvalue weighted by Crippen LogP contribution is -2.41. The molecule has 1 atom stereocenters. The Balaban J connectivity index is 1.98. The van der Waals surface area contributed by atoms with Crippen LogP contribution in [0, 0.1) is 5.82 Å². The van der Waals surface area contributed by atoms with Crippen molar-refractivity contribution in [1.82, 2.24) is 4.98 Å². The number of halogens is 2. The molecular weight excluding hydrogens is 465 g/mol. The number of hydrogen-bond acceptors (Lipinski definition) is 6. The lowest BCUT2D eigenvalue weighted by molar-refractivity contribution is -0.138. The highest BCUT2D eigenvalue weighted by Crippen LogP contribution is 2.46. The maximum Gasteiger partial charge on any atom is 0.338 e. The van der Waals surface area contributed by atoms with E-state index >= 15 is 0 Å². The third-order valence-electron chi connectivity index (χ3n) is 5.43. The molecule has 1 aromatic heterocycles. The minimum absolute atomic E-state index is 0.0630. The Morgan fingerprint density at radius 3 is 2.65 bits per heavy atom. The zero-order valence-electron chi connectivity index (χ0n) is 16.9. The van der Waals surface area contributed by atoms with Gasteiger partial charge in [-0.05, 0) is 65.5 Å². The van der Waals surface area contributed by atoms with Gasteiger partial charge in [0, 0.05) is 28.4 Å². The number of hydrogen-bond donors (Lipinski definition) is 1. The maximum absolute atomic E-state index is 13.6. The van der Waals surface area contributed by atoms with Crippen LogP contribution in [0.25, 0.3) is 0 Å². The molecule has 1 aliphatic carbocycles. The predicted octanol–water partition coefficient (Wildman–Crippen LogP) is 4.33. The van der Waals surface area contributed by atoms with Gasteiger partial charge in [0.1, 0.15) is 17.5 Å². The van der Waals surface area contributed by atoms with Gasteiger partial charge in [-0.15, -0.1) is 0 Å². The molecule has 2 N–H and O–H groups in total. The van der Waals surface area contributed by atoms with E-state index in [4.69, 9.17) is 10.5 Å². The van der Waals surface area contributed by atoms with Gasteiger partial charge in [0.2, 0.25) is 0 Å². The van der Waals surface area contributed by atoms with Crippen LogP contribution in [0.5, 0.6) is 0 Å². The molecule has 1 aromatic carbocycles. The molecule has 8 heteroatoms. The van der Waals surface area contributed by atoms with E-state index in [1.807, 2.05) is 6.07 Å². The number of pyridine rings is 1. The van der Waals surface area contributed by atoms with Gasteiger partial charge in [-0.1, -0.05) is 12.1 Å². The molecule has 0 bridgehead atoms. The Kier molecular flexibility index (Phi) is 5.91. The van der Waals surface area contributed by atoms with Crippen LogP contribution in [0.1, 0.15) is 37.7 Å². The van der Waals surface area contributed by atoms with Crippen LogP contribution in [0.2, 0.25) is 0 Å². The Morgan fingerprint density at radius 1 is 1.26 bits per heavy atom. The number of rotatable bonds is 4. The maximum atomic E-state index is 13.6. The first-order valence-corrected chi connectivity index (χ1v) is 10.8. The number of aromatic nitrogens is 1. The lowest BCUT2D eigenvalue weighted by atomic mass is 9.75. The molecule has 4 rings (SSSR count). The number of carbonyl (C=O) groups is 2. The zero-order chi connectivity index (χ0) is 22.1. The summed E-state index contributed by atoms with van der Waals surface area (Å²) in [7, 11) is 0. The Labute approximate surface area is 187 Å². The molecule has 0 radical (unpaired) electrons. The number of nitrogens with two attached hydrogens (primary N) is 1. The van der Waals surface area contributed by atoms with Crippen LogP contribution < -0.4 is 10.6 Å². The monoisotopic (exact) mass is 485 g/mol. The first kappa shape index (κ1) is 21.2. The first-order valence-electron chi connectivity index (χ1n) is 10.0. The zero-order valence-corrected chi connectivity index (χ0v) is 18.5. The fraction of sp³-hybridized carbons (Fsp3) is 0.261. The van der Waals surface area contributed by atoms with E-state index in [1.54, 1.807) is 36.2 Å². The smallest absolute Gasteiger partial charge is 0.338 e. The average Bonchev–Trinajstić information content (AvgIpc) is 2.75. The van der Waals surface area contributed by atoms with Crippen LogP contribution >= 0.6 is 15.9 Å². The van der Waals surface area contributed by atoms with E-state index in [2.05, 4.69) is 20.9 Å². The summed E-state index contributed by atoms with van der Waals surface area (Å²) in [6.07, 6.45) is 3.27. The minimum Gasteiger partial charge on any atom is -0.463 e. The Hall–Kier alpha value is -3.00. The quantitative estimate of drug-likeness (QED) is 0.648. The van der Waals surface area contributed by atoms with Crippen molar-refractivity contribution in [1.29, 1.82) is 0 Å². The van der Waals surface area contributed by atoms with Crippen molar-refractivity contribution in [3.63, 3.8) is 0 Å². The summed E-state index contributed by atoms with van der Waals surface area (Å²) in [6, 6.07) is 9.35. The van der Waals surface area contributed by atoms with Gasteiger partial charge in [-0.3, -0.25) is 9.69 Å². The number of ether oxygens (including phenoxy) is 1. The van der Waals surface area contributed by atoms with Gasteiger partial charge in [-0.25, -0.2) is 14.2 Å². The number of ketones is 1. The van der Waals surface area contributed by atoms with Gasteiger partial charge >= 0.3 is 5.97 Å². The molecule has 2 aliphatic rings. The molecule has 160 valence electrons. The molecule has 1 aliphatic heterocycles. The molecule has 0 fully saturated rings. The number of carbonyl (C=O) groups excluding carboxylic acids is 2. The average molecular weight is 486 g/mol. The molecule has 2 aromatic rings. The number of anilines is 1. The Morgan fingerprint density at radius 2 is 2.00 bits per heavy atom. The summed E-state index contributed by atoms with van der Waals surface area (Å²) in [5.74, 6) is -1.14. The van der Waals surface area contributed by atoms with Crippen LogP contribution in [-0.4, -0.2) is 23.3 Å². The third kappa shape index (κ3) is 3.87. The van der Waals surface area contributed by atoms with Crippen LogP contribution in [-0.2, 0) is 14.3 Å². The van der Waals surface area contributed by atoms with E-state index in [0.29, 0.717) is 41.9 Å². The summed E-state index contributed by atoms with van der Waals surface area (Å²) in [5, 5.41) is 0. The first-order chi connectivity index (χ1) is 14.9. The van der Waals surface area contributed by atoms with Gasteiger partial charge in [-0.2, -0.15) is 0 Å². The summed E-state index contributed by atoms with van der Waals surface area (Å²) in [4.78, 5) is 32.3. The topological polar surface area (TPSA) is 85.5 Å². The number of benzene rings is 1. The molecule has 2 heterocycles. The summed E-state index contributed by atoms with van der Waals surface area (Å²) in [6.45, 7) is 1.86. The van der Waals surface area contributed by atoms with E-state index < -0.39 is 17.7 Å². The van der Waals surface area contributed by atoms with Crippen LogP contribution in [0.3, 0.4) is 0 Å². The molecule has 0 saturated carbocycles. The molecule has 0 spiro atoms. The fourth-order valence-corrected chi connectivity index (χ4v) is 4.38. The summed E-state index contributed by atoms with van der Waals surface area (Å²) >= 11 is 3.37. The van der Waals surface area contributed by atoms with Crippen molar-refractivity contribution in [3.05, 3.63) is 81.1 Å². The van der Waals surface area contributed by atoms with Crippen LogP contribution in [0.15, 0.2) is 69.7 Å². The van der Waals surface area contributed by atoms with Gasteiger partial charge in [0.05, 0.1) is 18.1 Å². The van der Waals surface area contributed by atoms with E-state index in [0.717, 1.165) is 4.47 Å². The predicted molar refractivity (Wildman–Crippen MR) is 117 cm³/mol. The van der Waals surface area contributed by atoms with E-state index in [1.165, 1.54) is 12.1 Å². The second-order valence-electron chi connectivity index (χ2n) is 7.31. The van der Waals surface area contributed by atoms with Gasteiger partial charge in [0.15, 0.2) is 5.78 Å². The molecule has 0 amide bonds. The van der Waals surface area contributed by atoms with Crippen molar-refractivity contribution >= 4 is 33.5 Å². The second kappa shape index (κ2) is 8.63. The summed E-state index contributed by atoms with van der Waals surface area (Å²) < 4.78 is 19.7. The normalized spacial score (nSPS) is 18.9. The SMILES string of the molecule is CCOC(=O)C1=C(N)N(c2ccc(Br)cn2)C2=C(C(=O)CCC2)C1c1ccc(F)cc1. The second-order valence-corrected chi connectivity index (χ2v) is 8.23. The van der Waals surface area contributed by atoms with Crippen molar-refractivity contribution in [2.45, 2.75) is 32.1 Å². The molecular formula is C23H21BrFN3O3. The van der Waals surface area contributed by atoms with Crippen molar-refractivity contribution in [3.8, 4) is 0 Å². The number of nitrogens with zero attached hydrogens (tertiary/aromatic N) is 2. The molecule has 31 heavy (non-hydrogen) atoms. The summed E-state index contributed by atoms with van der Waals surface area (Å²) in [5.41, 5.74) is 8.54. The van der Waals surface area contributed by atoms with Gasteiger partial charge in [0.25, 0.3) is 0 Å². The highest BCUT2D eigenvalue weighted by atomic mass is 79.9. The molecule has 6 nitrogen and oxygen atoms in total. The molecule has 1 unspecified atom stereocenters. The largest absolute Gasteiger partial charge is 0.463 e. The highest BCUT2D eigenvalue weighted by Gasteiger charge is 2.43. The lowest BCUT2D eigenvalue weighted by Gasteiger charge is -2.40. The Bertz CT molecular complexity index is 1090. The minimum atomic E-state index is -0.728. The van der Waals surface area contributed by atoms with E-state index in [-0.39, 0.29) is 23.8 Å². The van der Waals surface area contributed by atoms with Crippen molar-refractivity contribution < 1.29 is 18.7 Å². The number of Topliss-reactive ketones (excluding diaryl/α,β-unsaturated/α-hetero) is 1. The number of allylic oxidation sites excluding steroid dienone is 2. The standard InChI is InChI=1S/C23H21BrFN3O3/c1-2-31-23(30)21-19(13-6-9-15(25)10-7-13)20-16(4-3-5-17(20)29)28(22(21)26)18-11-8-14(24)12-27-18/h6-12,19H,2-5,26H2,1H3. The van der Waals surface area contributed by atoms with E-state index in [9.17, 15) is 14.0 Å². The van der Waals surface area contributed by atoms with Crippen molar-refractivity contribution in [2.24, 2.45) is 5.73 Å². The number of esters is 1. The van der Waals surface area contributed by atoms with Crippen molar-refractivity contribution in [2.75, 3.05) is 11.5 Å². The van der Waals surface area contributed by atoms with Crippen LogP contribution in [0.4, 0.5) is 10.2 Å². The highest BCUT2D eigenvalue weighted by molar-refractivity contribution is 9.10. The third-order valence-corrected chi connectivity index (χ3v) is 5.90. The fourth-order valence-electron chi connectivity index (χ4n) is 4.15.